The second-order valence-corrected chi connectivity index (χ2v) is 8.89. The van der Waals surface area contributed by atoms with Crippen LogP contribution in [0, 0.1) is 0 Å². The van der Waals surface area contributed by atoms with Gasteiger partial charge in [0.05, 0.1) is 13.2 Å². The molecule has 0 radical (unpaired) electrons. The summed E-state index contributed by atoms with van der Waals surface area (Å²) in [5.74, 6) is -0.765. The first-order valence-corrected chi connectivity index (χ1v) is 11.8. The summed E-state index contributed by atoms with van der Waals surface area (Å²) >= 11 is 0. The maximum atomic E-state index is 12.7. The van der Waals surface area contributed by atoms with Crippen LogP contribution in [0.1, 0.15) is 22.7 Å². The predicted octanol–water partition coefficient (Wildman–Crippen LogP) is 3.62. The molecule has 0 spiro atoms. The molecule has 0 saturated heterocycles. The highest BCUT2D eigenvalue weighted by atomic mass is 16.5. The molecule has 2 amide bonds. The Hall–Kier alpha value is -3.84. The van der Waals surface area contributed by atoms with Crippen LogP contribution in [0.2, 0.25) is 0 Å². The summed E-state index contributed by atoms with van der Waals surface area (Å²) in [6, 6.07) is 23.7. The first-order chi connectivity index (χ1) is 16.9. The zero-order valence-electron chi connectivity index (χ0n) is 20.5. The van der Waals surface area contributed by atoms with Gasteiger partial charge in [-0.15, -0.1) is 0 Å². The summed E-state index contributed by atoms with van der Waals surface area (Å²) in [4.78, 5) is 29.6. The summed E-state index contributed by atoms with van der Waals surface area (Å²) in [5.41, 5.74) is 5.39. The van der Waals surface area contributed by atoms with Crippen LogP contribution in [0.5, 0.6) is 5.75 Å². The molecule has 3 aromatic carbocycles. The third-order valence-corrected chi connectivity index (χ3v) is 6.39. The van der Waals surface area contributed by atoms with E-state index in [1.165, 1.54) is 11.1 Å². The average Bonchev–Trinajstić information content (AvgIpc) is 2.89. The molecule has 0 aliphatic carbocycles. The molecule has 2 N–H and O–H groups in total. The van der Waals surface area contributed by atoms with E-state index in [0.717, 1.165) is 30.8 Å². The Morgan fingerprint density at radius 3 is 2.43 bits per heavy atom. The number of nitrogens with one attached hydrogen (secondary N) is 2. The van der Waals surface area contributed by atoms with E-state index < -0.39 is 11.8 Å². The minimum absolute atomic E-state index is 0.0619. The summed E-state index contributed by atoms with van der Waals surface area (Å²) < 4.78 is 5.18. The molecular formula is C28H32N4O3. The smallest absolute Gasteiger partial charge is 0.313 e. The number of nitrogens with zero attached hydrogens (tertiary/aromatic N) is 2. The zero-order valence-corrected chi connectivity index (χ0v) is 20.5. The van der Waals surface area contributed by atoms with Gasteiger partial charge in [-0.05, 0) is 47.4 Å². The van der Waals surface area contributed by atoms with Crippen molar-refractivity contribution >= 4 is 23.2 Å². The molecule has 3 aromatic rings. The number of benzene rings is 3. The lowest BCUT2D eigenvalue weighted by Gasteiger charge is -2.36. The minimum atomic E-state index is -0.705. The number of hydrogen-bond acceptors (Lipinski definition) is 5. The van der Waals surface area contributed by atoms with Gasteiger partial charge in [0.25, 0.3) is 0 Å². The van der Waals surface area contributed by atoms with Gasteiger partial charge in [0.15, 0.2) is 0 Å². The summed E-state index contributed by atoms with van der Waals surface area (Å²) in [7, 11) is 5.57. The van der Waals surface area contributed by atoms with Gasteiger partial charge >= 0.3 is 11.8 Å². The number of anilines is 2. The Morgan fingerprint density at radius 1 is 0.971 bits per heavy atom. The number of ether oxygens (including phenoxy) is 1. The van der Waals surface area contributed by atoms with E-state index in [-0.39, 0.29) is 6.04 Å². The van der Waals surface area contributed by atoms with E-state index in [0.29, 0.717) is 18.0 Å². The second kappa shape index (κ2) is 11.1. The largest absolute Gasteiger partial charge is 0.497 e. The lowest BCUT2D eigenvalue weighted by Crippen LogP contribution is -2.43. The van der Waals surface area contributed by atoms with Crippen molar-refractivity contribution < 1.29 is 14.3 Å². The fourth-order valence-electron chi connectivity index (χ4n) is 4.39. The lowest BCUT2D eigenvalue weighted by atomic mass is 9.96. The second-order valence-electron chi connectivity index (χ2n) is 8.89. The number of amides is 2. The molecule has 35 heavy (non-hydrogen) atoms. The Kier molecular flexibility index (Phi) is 7.67. The van der Waals surface area contributed by atoms with Gasteiger partial charge in [-0.3, -0.25) is 14.5 Å². The zero-order chi connectivity index (χ0) is 24.8. The van der Waals surface area contributed by atoms with Crippen molar-refractivity contribution in [2.24, 2.45) is 0 Å². The maximum Gasteiger partial charge on any atom is 0.313 e. The topological polar surface area (TPSA) is 73.9 Å². The van der Waals surface area contributed by atoms with Crippen molar-refractivity contribution in [1.29, 1.82) is 0 Å². The molecule has 1 heterocycles. The van der Waals surface area contributed by atoms with Crippen LogP contribution in [-0.4, -0.2) is 51.0 Å². The van der Waals surface area contributed by atoms with Gasteiger partial charge in [0.2, 0.25) is 0 Å². The lowest BCUT2D eigenvalue weighted by molar-refractivity contribution is -0.136. The molecule has 7 nitrogen and oxygen atoms in total. The monoisotopic (exact) mass is 472 g/mol. The van der Waals surface area contributed by atoms with Crippen LogP contribution in [-0.2, 0) is 22.6 Å². The standard InChI is InChI=1S/C28H32N4O3/c1-31(2)24-13-11-21(12-14-24)26(32-16-15-20-7-4-5-8-22(20)19-32)18-29-27(33)28(34)30-23-9-6-10-25(17-23)35-3/h4-14,17,26H,15-16,18-19H2,1-3H3,(H,29,33)(H,30,34). The summed E-state index contributed by atoms with van der Waals surface area (Å²) in [6.45, 7) is 2.00. The number of rotatable bonds is 7. The molecule has 0 aromatic heterocycles. The third-order valence-electron chi connectivity index (χ3n) is 6.39. The number of carbonyl (C=O) groups excluding carboxylic acids is 2. The molecule has 1 unspecified atom stereocenters. The summed E-state index contributed by atoms with van der Waals surface area (Å²) in [5, 5.41) is 5.50. The van der Waals surface area contributed by atoms with Gasteiger partial charge < -0.3 is 20.3 Å². The van der Waals surface area contributed by atoms with Crippen LogP contribution in [0.3, 0.4) is 0 Å². The molecule has 0 saturated carbocycles. The van der Waals surface area contributed by atoms with E-state index >= 15 is 0 Å². The quantitative estimate of drug-likeness (QED) is 0.514. The van der Waals surface area contributed by atoms with E-state index in [2.05, 4.69) is 69.0 Å². The normalized spacial score (nSPS) is 13.9. The average molecular weight is 473 g/mol. The number of hydrogen-bond donors (Lipinski definition) is 2. The first kappa shape index (κ1) is 24.3. The fraction of sp³-hybridized carbons (Fsp3) is 0.286. The molecule has 0 bridgehead atoms. The molecule has 7 heteroatoms. The van der Waals surface area contributed by atoms with Crippen LogP contribution in [0.4, 0.5) is 11.4 Å². The molecule has 1 atom stereocenters. The van der Waals surface area contributed by atoms with E-state index in [4.69, 9.17) is 4.74 Å². The molecule has 0 fully saturated rings. The van der Waals surface area contributed by atoms with Crippen molar-refractivity contribution in [2.45, 2.75) is 19.0 Å². The Morgan fingerprint density at radius 2 is 1.71 bits per heavy atom. The molecule has 1 aliphatic heterocycles. The van der Waals surface area contributed by atoms with Gasteiger partial charge in [-0.1, -0.05) is 42.5 Å². The highest BCUT2D eigenvalue weighted by Gasteiger charge is 2.26. The van der Waals surface area contributed by atoms with Crippen molar-refractivity contribution in [1.82, 2.24) is 10.2 Å². The van der Waals surface area contributed by atoms with E-state index in [9.17, 15) is 9.59 Å². The Balaban J connectivity index is 1.48. The molecule has 4 rings (SSSR count). The van der Waals surface area contributed by atoms with Gasteiger partial charge in [0, 0.05) is 51.2 Å². The first-order valence-electron chi connectivity index (χ1n) is 11.8. The van der Waals surface area contributed by atoms with Gasteiger partial charge in [-0.25, -0.2) is 0 Å². The van der Waals surface area contributed by atoms with Crippen molar-refractivity contribution in [3.05, 3.63) is 89.5 Å². The number of fused-ring (bicyclic) bond motifs is 1. The van der Waals surface area contributed by atoms with Crippen LogP contribution in [0.25, 0.3) is 0 Å². The van der Waals surface area contributed by atoms with Crippen molar-refractivity contribution in [2.75, 3.05) is 44.5 Å². The highest BCUT2D eigenvalue weighted by molar-refractivity contribution is 6.39. The minimum Gasteiger partial charge on any atom is -0.497 e. The molecule has 182 valence electrons. The van der Waals surface area contributed by atoms with Crippen LogP contribution >= 0.6 is 0 Å². The van der Waals surface area contributed by atoms with Gasteiger partial charge in [-0.2, -0.15) is 0 Å². The Labute approximate surface area is 206 Å². The summed E-state index contributed by atoms with van der Waals surface area (Å²) in [6.07, 6.45) is 0.951. The highest BCUT2D eigenvalue weighted by Crippen LogP contribution is 2.29. The van der Waals surface area contributed by atoms with Crippen molar-refractivity contribution in [3.8, 4) is 5.75 Å². The Bertz CT molecular complexity index is 1180. The molecule has 1 aliphatic rings. The van der Waals surface area contributed by atoms with Crippen LogP contribution < -0.4 is 20.3 Å². The van der Waals surface area contributed by atoms with E-state index in [1.54, 1.807) is 31.4 Å². The maximum absolute atomic E-state index is 12.7. The number of methoxy groups -OCH3 is 1. The fourth-order valence-corrected chi connectivity index (χ4v) is 4.39. The van der Waals surface area contributed by atoms with Crippen LogP contribution in [0.15, 0.2) is 72.8 Å². The SMILES string of the molecule is COc1cccc(NC(=O)C(=O)NCC(c2ccc(N(C)C)cc2)N2CCc3ccccc3C2)c1. The van der Waals surface area contributed by atoms with Crippen molar-refractivity contribution in [3.63, 3.8) is 0 Å². The predicted molar refractivity (Wildman–Crippen MR) is 139 cm³/mol. The van der Waals surface area contributed by atoms with E-state index in [1.807, 2.05) is 14.1 Å². The third kappa shape index (κ3) is 6.00. The number of carbonyl (C=O) groups is 2. The molecular weight excluding hydrogens is 440 g/mol. The van der Waals surface area contributed by atoms with Gasteiger partial charge in [0.1, 0.15) is 5.75 Å².